The number of alkyl halides is 2. The third-order valence-corrected chi connectivity index (χ3v) is 5.43. The van der Waals surface area contributed by atoms with Crippen LogP contribution in [-0.2, 0) is 6.42 Å². The number of carbonyl (C=O) groups excluding carboxylic acids is 1. The van der Waals surface area contributed by atoms with Gasteiger partial charge in [0, 0.05) is 47.5 Å². The first-order valence-electron chi connectivity index (χ1n) is 10.6. The molecule has 0 aliphatic carbocycles. The van der Waals surface area contributed by atoms with Crippen LogP contribution in [0, 0.1) is 11.6 Å². The summed E-state index contributed by atoms with van der Waals surface area (Å²) in [7, 11) is 0. The molecule has 36 heavy (non-hydrogen) atoms. The summed E-state index contributed by atoms with van der Waals surface area (Å²) in [6.45, 7) is 0. The summed E-state index contributed by atoms with van der Waals surface area (Å²) in [6, 6.07) is 7.50. The number of fused-ring (bicyclic) bond motifs is 1. The first-order chi connectivity index (χ1) is 17.2. The zero-order chi connectivity index (χ0) is 25.4. The van der Waals surface area contributed by atoms with Gasteiger partial charge in [-0.05, 0) is 35.9 Å². The van der Waals surface area contributed by atoms with Crippen LogP contribution in [0.25, 0.3) is 11.1 Å². The Kier molecular flexibility index (Phi) is 5.67. The molecule has 182 valence electrons. The van der Waals surface area contributed by atoms with Crippen molar-refractivity contribution in [3.05, 3.63) is 101 Å². The van der Waals surface area contributed by atoms with Crippen molar-refractivity contribution in [3.8, 4) is 22.6 Å². The summed E-state index contributed by atoms with van der Waals surface area (Å²) in [5, 5.41) is 4.47. The van der Waals surface area contributed by atoms with Gasteiger partial charge in [-0.25, -0.2) is 18.6 Å². The van der Waals surface area contributed by atoms with E-state index < -0.39 is 30.1 Å². The average molecular weight is 496 g/mol. The molecule has 0 radical (unpaired) electrons. The maximum atomic E-state index is 14.7. The summed E-state index contributed by atoms with van der Waals surface area (Å²) in [5.41, 5.74) is 0.433. The number of hydrogen-bond acceptors (Lipinski definition) is 5. The molecule has 7 nitrogen and oxygen atoms in total. The van der Waals surface area contributed by atoms with Crippen LogP contribution in [0.2, 0.25) is 0 Å². The van der Waals surface area contributed by atoms with Crippen LogP contribution in [0.5, 0.6) is 11.5 Å². The van der Waals surface area contributed by atoms with Gasteiger partial charge in [0.15, 0.2) is 17.0 Å². The lowest BCUT2D eigenvalue weighted by Crippen LogP contribution is -2.23. The zero-order valence-electron chi connectivity index (χ0n) is 18.3. The number of aromatic nitrogens is 2. The molecule has 0 fully saturated rings. The molecule has 1 amide bonds. The molecule has 11 heteroatoms. The van der Waals surface area contributed by atoms with Crippen molar-refractivity contribution >= 4 is 17.5 Å². The van der Waals surface area contributed by atoms with E-state index >= 15 is 0 Å². The van der Waals surface area contributed by atoms with E-state index in [0.717, 1.165) is 10.6 Å². The van der Waals surface area contributed by atoms with Gasteiger partial charge >= 0.3 is 12.1 Å². The molecule has 0 atom stereocenters. The molecular weight excluding hydrogens is 480 g/mol. The molecule has 0 bridgehead atoms. The molecule has 4 aromatic rings. The van der Waals surface area contributed by atoms with Crippen LogP contribution in [0.15, 0.2) is 78.0 Å². The standard InChI is InChI=1S/C25H16F4N4O3/c26-15-3-1-14(2-4-15)18-13-33(10-8-20(18)34)24(35)31-16-5-6-22(19(27)11-16)36-21-7-9-30-23-17(21)12-25(28,29)32-23/h1-11,13H,12H2,(H,30,32)(H,31,35). The summed E-state index contributed by atoms with van der Waals surface area (Å²) >= 11 is 0. The number of anilines is 2. The molecule has 2 aromatic heterocycles. The van der Waals surface area contributed by atoms with Crippen molar-refractivity contribution in [2.75, 3.05) is 10.6 Å². The second kappa shape index (κ2) is 8.84. The molecular formula is C25H16F4N4O3. The van der Waals surface area contributed by atoms with Crippen molar-refractivity contribution in [2.24, 2.45) is 0 Å². The number of benzene rings is 2. The average Bonchev–Trinajstić information content (AvgIpc) is 3.16. The van der Waals surface area contributed by atoms with Crippen molar-refractivity contribution in [3.63, 3.8) is 0 Å². The molecule has 0 saturated heterocycles. The largest absolute Gasteiger partial charge is 0.454 e. The minimum atomic E-state index is -3.18. The van der Waals surface area contributed by atoms with Crippen LogP contribution < -0.4 is 20.8 Å². The van der Waals surface area contributed by atoms with Gasteiger partial charge < -0.3 is 15.4 Å². The highest BCUT2D eigenvalue weighted by molar-refractivity contribution is 5.91. The fraction of sp³-hybridized carbons (Fsp3) is 0.0800. The van der Waals surface area contributed by atoms with E-state index in [0.29, 0.717) is 5.56 Å². The molecule has 1 aliphatic heterocycles. The lowest BCUT2D eigenvalue weighted by molar-refractivity contribution is 0.0405. The Labute approximate surface area is 201 Å². The fourth-order valence-electron chi connectivity index (χ4n) is 3.71. The van der Waals surface area contributed by atoms with Crippen LogP contribution in [0.1, 0.15) is 5.56 Å². The number of hydrogen-bond donors (Lipinski definition) is 2. The Balaban J connectivity index is 1.34. The number of ether oxygens (including phenoxy) is 1. The topological polar surface area (TPSA) is 85.2 Å². The van der Waals surface area contributed by atoms with Crippen molar-refractivity contribution in [2.45, 2.75) is 12.5 Å². The quantitative estimate of drug-likeness (QED) is 0.283. The molecule has 0 spiro atoms. The summed E-state index contributed by atoms with van der Waals surface area (Å²) in [6.07, 6.45) is 3.14. The van der Waals surface area contributed by atoms with E-state index in [1.165, 1.54) is 67.1 Å². The third-order valence-electron chi connectivity index (χ3n) is 5.43. The van der Waals surface area contributed by atoms with Crippen LogP contribution in [0.4, 0.5) is 33.9 Å². The van der Waals surface area contributed by atoms with Gasteiger partial charge in [0.1, 0.15) is 17.4 Å². The number of rotatable bonds is 4. The van der Waals surface area contributed by atoms with E-state index in [-0.39, 0.29) is 39.6 Å². The fourth-order valence-corrected chi connectivity index (χ4v) is 3.71. The normalized spacial score (nSPS) is 13.6. The van der Waals surface area contributed by atoms with Crippen LogP contribution >= 0.6 is 0 Å². The molecule has 2 N–H and O–H groups in total. The van der Waals surface area contributed by atoms with E-state index in [1.54, 1.807) is 0 Å². The monoisotopic (exact) mass is 496 g/mol. The Hall–Kier alpha value is -4.67. The van der Waals surface area contributed by atoms with Crippen LogP contribution in [0.3, 0.4) is 0 Å². The molecule has 0 saturated carbocycles. The van der Waals surface area contributed by atoms with Gasteiger partial charge in [-0.2, -0.15) is 8.78 Å². The summed E-state index contributed by atoms with van der Waals surface area (Å²) < 4.78 is 61.8. The third kappa shape index (κ3) is 4.63. The minimum Gasteiger partial charge on any atom is -0.454 e. The number of nitrogens with zero attached hydrogens (tertiary/aromatic N) is 2. The molecule has 5 rings (SSSR count). The highest BCUT2D eigenvalue weighted by atomic mass is 19.3. The molecule has 0 unspecified atom stereocenters. The van der Waals surface area contributed by atoms with Crippen molar-refractivity contribution < 1.29 is 27.1 Å². The van der Waals surface area contributed by atoms with Gasteiger partial charge in [0.05, 0.1) is 6.42 Å². The number of halogens is 4. The van der Waals surface area contributed by atoms with E-state index in [9.17, 15) is 27.2 Å². The van der Waals surface area contributed by atoms with Gasteiger partial charge in [0.25, 0.3) is 0 Å². The van der Waals surface area contributed by atoms with Gasteiger partial charge in [-0.1, -0.05) is 12.1 Å². The predicted molar refractivity (Wildman–Crippen MR) is 123 cm³/mol. The lowest BCUT2D eigenvalue weighted by atomic mass is 10.1. The Bertz CT molecular complexity index is 1540. The summed E-state index contributed by atoms with van der Waals surface area (Å²) in [5.74, 6) is -1.56. The Morgan fingerprint density at radius 2 is 1.83 bits per heavy atom. The lowest BCUT2D eigenvalue weighted by Gasteiger charge is -2.12. The van der Waals surface area contributed by atoms with Gasteiger partial charge in [0.2, 0.25) is 0 Å². The number of pyridine rings is 2. The second-order valence-electron chi connectivity index (χ2n) is 7.96. The zero-order valence-corrected chi connectivity index (χ0v) is 18.3. The van der Waals surface area contributed by atoms with Crippen molar-refractivity contribution in [1.29, 1.82) is 0 Å². The minimum absolute atomic E-state index is 0.0296. The van der Waals surface area contributed by atoms with E-state index in [2.05, 4.69) is 10.3 Å². The van der Waals surface area contributed by atoms with E-state index in [4.69, 9.17) is 4.74 Å². The SMILES string of the molecule is O=C(Nc1ccc(Oc2ccnc3c2CC(F)(F)N3)c(F)c1)n1ccc(=O)c(-c2ccc(F)cc2)c1. The number of amides is 1. The smallest absolute Gasteiger partial charge is 0.329 e. The predicted octanol–water partition coefficient (Wildman–Crippen LogP) is 5.62. The van der Waals surface area contributed by atoms with Gasteiger partial charge in [-0.3, -0.25) is 9.36 Å². The first kappa shape index (κ1) is 23.1. The van der Waals surface area contributed by atoms with Gasteiger partial charge in [-0.15, -0.1) is 0 Å². The first-order valence-corrected chi connectivity index (χ1v) is 10.6. The summed E-state index contributed by atoms with van der Waals surface area (Å²) in [4.78, 5) is 28.8. The Morgan fingerprint density at radius 3 is 2.58 bits per heavy atom. The second-order valence-corrected chi connectivity index (χ2v) is 7.96. The van der Waals surface area contributed by atoms with E-state index in [1.807, 2.05) is 5.32 Å². The maximum Gasteiger partial charge on any atom is 0.329 e. The molecule has 1 aliphatic rings. The highest BCUT2D eigenvalue weighted by Crippen LogP contribution is 2.40. The number of nitrogens with one attached hydrogen (secondary N) is 2. The maximum absolute atomic E-state index is 14.7. The number of carbonyl (C=O) groups is 1. The van der Waals surface area contributed by atoms with Crippen molar-refractivity contribution in [1.82, 2.24) is 9.55 Å². The molecule has 3 heterocycles. The Morgan fingerprint density at radius 1 is 1.06 bits per heavy atom. The highest BCUT2D eigenvalue weighted by Gasteiger charge is 2.39. The van der Waals surface area contributed by atoms with Crippen LogP contribution in [-0.4, -0.2) is 21.6 Å². The molecule has 2 aromatic carbocycles.